The molecule has 0 aliphatic heterocycles. The predicted octanol–water partition coefficient (Wildman–Crippen LogP) is 2.06. The lowest BCUT2D eigenvalue weighted by molar-refractivity contribution is -0.772. The first-order valence-corrected chi connectivity index (χ1v) is 7.99. The van der Waals surface area contributed by atoms with Crippen LogP contribution in [0.5, 0.6) is 0 Å². The zero-order valence-corrected chi connectivity index (χ0v) is 14.0. The van der Waals surface area contributed by atoms with Gasteiger partial charge in [0.05, 0.1) is 5.25 Å². The van der Waals surface area contributed by atoms with Gasteiger partial charge >= 0.3 is 10.7 Å². The van der Waals surface area contributed by atoms with E-state index < -0.39 is 5.63 Å². The number of benzene rings is 1. The van der Waals surface area contributed by atoms with Crippen molar-refractivity contribution in [3.63, 3.8) is 0 Å². The van der Waals surface area contributed by atoms with Crippen LogP contribution in [0, 0.1) is 0 Å². The molecule has 2 N–H and O–H groups in total. The minimum atomic E-state index is -0.475. The Kier molecular flexibility index (Phi) is 5.24. The number of amides is 1. The maximum absolute atomic E-state index is 12.3. The Morgan fingerprint density at radius 2 is 2.14 bits per heavy atom. The minimum absolute atomic E-state index is 0.148. The summed E-state index contributed by atoms with van der Waals surface area (Å²) in [7, 11) is 1.66. The molecule has 21 heavy (non-hydrogen) atoms. The molecule has 2 aromatic rings. The molecule has 0 radical (unpaired) electrons. The van der Waals surface area contributed by atoms with Crippen LogP contribution in [0.4, 0.5) is 5.69 Å². The van der Waals surface area contributed by atoms with Gasteiger partial charge in [0.1, 0.15) is 0 Å². The summed E-state index contributed by atoms with van der Waals surface area (Å²) in [6, 6.07) is 7.32. The molecule has 0 bridgehead atoms. The normalized spacial score (nSPS) is 12.1. The number of nitrogens with zero attached hydrogens (tertiary/aromatic N) is 1. The summed E-state index contributed by atoms with van der Waals surface area (Å²) >= 11 is 4.53. The summed E-state index contributed by atoms with van der Waals surface area (Å²) in [6.07, 6.45) is 0.595. The van der Waals surface area contributed by atoms with Crippen LogP contribution in [-0.2, 0) is 11.8 Å². The average Bonchev–Trinajstić information content (AvgIpc) is 2.78. The van der Waals surface area contributed by atoms with E-state index in [9.17, 15) is 9.59 Å². The molecule has 8 heteroatoms. The number of hydrogen-bond acceptors (Lipinski definition) is 4. The summed E-state index contributed by atoms with van der Waals surface area (Å²) in [5.74, 6) is -0.148. The number of nitrogens with one attached hydrogen (secondary N) is 2. The number of H-pyrrole nitrogens is 1. The van der Waals surface area contributed by atoms with E-state index in [1.54, 1.807) is 7.05 Å². The lowest BCUT2D eigenvalue weighted by Gasteiger charge is -2.11. The number of halogens is 1. The smallest absolute Gasteiger partial charge is 0.325 e. The van der Waals surface area contributed by atoms with E-state index in [0.717, 1.165) is 4.47 Å². The number of aromatic amines is 1. The first kappa shape index (κ1) is 15.8. The zero-order chi connectivity index (χ0) is 15.4. The molecule has 0 aliphatic rings. The van der Waals surface area contributed by atoms with Gasteiger partial charge in [0.15, 0.2) is 7.05 Å². The standard InChI is InChI=1S/C13H14BrN3O3S/c1-3-10(21-12-13(19)20-16-17(12)2)11(18)15-9-6-4-8(14)5-7-9/h4-7,10H,3H2,1-2H3,(H-,15,16,18,19)/p+1. The molecule has 0 aliphatic carbocycles. The Morgan fingerprint density at radius 1 is 1.48 bits per heavy atom. The van der Waals surface area contributed by atoms with Crippen LogP contribution in [0.2, 0.25) is 0 Å². The van der Waals surface area contributed by atoms with E-state index in [0.29, 0.717) is 17.1 Å². The van der Waals surface area contributed by atoms with Gasteiger partial charge in [-0.1, -0.05) is 27.5 Å². The van der Waals surface area contributed by atoms with Crippen LogP contribution < -0.4 is 15.6 Å². The van der Waals surface area contributed by atoms with E-state index in [-0.39, 0.29) is 11.2 Å². The molecule has 1 amide bonds. The van der Waals surface area contributed by atoms with E-state index in [2.05, 4.69) is 31.0 Å². The summed E-state index contributed by atoms with van der Waals surface area (Å²) < 4.78 is 7.08. The van der Waals surface area contributed by atoms with Gasteiger partial charge in [-0.15, -0.1) is 0 Å². The molecule has 6 nitrogen and oxygen atoms in total. The third-order valence-corrected chi connectivity index (χ3v) is 4.81. The highest BCUT2D eigenvalue weighted by atomic mass is 79.9. The molecule has 0 fully saturated rings. The van der Waals surface area contributed by atoms with Crippen LogP contribution in [0.1, 0.15) is 13.3 Å². The van der Waals surface area contributed by atoms with Crippen LogP contribution in [0.3, 0.4) is 0 Å². The number of aromatic nitrogens is 2. The molecule has 112 valence electrons. The number of hydrogen-bond donors (Lipinski definition) is 2. The fourth-order valence-corrected chi connectivity index (χ4v) is 2.87. The van der Waals surface area contributed by atoms with Crippen molar-refractivity contribution in [1.29, 1.82) is 0 Å². The van der Waals surface area contributed by atoms with E-state index in [4.69, 9.17) is 0 Å². The number of rotatable bonds is 5. The number of thioether (sulfide) groups is 1. The van der Waals surface area contributed by atoms with Crippen LogP contribution in [0.15, 0.2) is 43.1 Å². The molecule has 1 atom stereocenters. The topological polar surface area (TPSA) is 79.0 Å². The predicted molar refractivity (Wildman–Crippen MR) is 83.2 cm³/mol. The van der Waals surface area contributed by atoms with E-state index in [1.807, 2.05) is 31.2 Å². The molecule has 0 spiro atoms. The van der Waals surface area contributed by atoms with Gasteiger partial charge in [0, 0.05) is 10.2 Å². The fraction of sp³-hybridized carbons (Fsp3) is 0.308. The third-order valence-electron chi connectivity index (χ3n) is 2.78. The molecule has 0 saturated carbocycles. The van der Waals surface area contributed by atoms with Crippen LogP contribution in [0.25, 0.3) is 0 Å². The molecule has 1 heterocycles. The first-order valence-electron chi connectivity index (χ1n) is 6.32. The monoisotopic (exact) mass is 372 g/mol. The van der Waals surface area contributed by atoms with Crippen molar-refractivity contribution in [2.24, 2.45) is 7.05 Å². The Bertz CT molecular complexity index is 681. The summed E-state index contributed by atoms with van der Waals surface area (Å²) in [4.78, 5) is 23.8. The summed E-state index contributed by atoms with van der Waals surface area (Å²) in [6.45, 7) is 1.90. The van der Waals surface area contributed by atoms with Gasteiger partial charge in [-0.25, -0.2) is 4.79 Å². The first-order chi connectivity index (χ1) is 10.0. The Hall–Kier alpha value is -1.54. The van der Waals surface area contributed by atoms with Gasteiger partial charge in [0.25, 0.3) is 0 Å². The zero-order valence-electron chi connectivity index (χ0n) is 11.6. The average molecular weight is 373 g/mol. The highest BCUT2D eigenvalue weighted by molar-refractivity contribution is 9.10. The Morgan fingerprint density at radius 3 is 2.67 bits per heavy atom. The largest absolute Gasteiger partial charge is 0.441 e. The highest BCUT2D eigenvalue weighted by Crippen LogP contribution is 2.22. The Balaban J connectivity index is 2.08. The maximum Gasteiger partial charge on any atom is 0.441 e. The van der Waals surface area contributed by atoms with Gasteiger partial charge in [0.2, 0.25) is 5.91 Å². The number of carbonyl (C=O) groups excluding carboxylic acids is 1. The van der Waals surface area contributed by atoms with Gasteiger partial charge < -0.3 is 5.32 Å². The van der Waals surface area contributed by atoms with Crippen molar-refractivity contribution in [3.8, 4) is 0 Å². The molecule has 1 unspecified atom stereocenters. The quantitative estimate of drug-likeness (QED) is 0.621. The van der Waals surface area contributed by atoms with Crippen molar-refractivity contribution in [1.82, 2.24) is 5.27 Å². The third kappa shape index (κ3) is 3.98. The van der Waals surface area contributed by atoms with Crippen molar-refractivity contribution in [3.05, 3.63) is 39.2 Å². The number of anilines is 1. The molecule has 2 rings (SSSR count). The van der Waals surface area contributed by atoms with Crippen LogP contribution in [-0.4, -0.2) is 16.4 Å². The SMILES string of the molecule is CCC(Sc1c(=O)o[nH][n+]1C)C(=O)Nc1ccc(Br)cc1. The lowest BCUT2D eigenvalue weighted by atomic mass is 10.3. The molecule has 1 aromatic carbocycles. The summed E-state index contributed by atoms with van der Waals surface area (Å²) in [5.41, 5.74) is 0.241. The maximum atomic E-state index is 12.3. The van der Waals surface area contributed by atoms with E-state index >= 15 is 0 Å². The molecular formula is C13H15BrN3O3S+. The van der Waals surface area contributed by atoms with Crippen LogP contribution >= 0.6 is 27.7 Å². The highest BCUT2D eigenvalue weighted by Gasteiger charge is 2.27. The second-order valence-corrected chi connectivity index (χ2v) is 6.46. The molecule has 0 saturated heterocycles. The van der Waals surface area contributed by atoms with E-state index in [1.165, 1.54) is 16.4 Å². The minimum Gasteiger partial charge on any atom is -0.325 e. The van der Waals surface area contributed by atoms with Gasteiger partial charge in [-0.2, -0.15) is 0 Å². The summed E-state index contributed by atoms with van der Waals surface area (Å²) in [5, 5.41) is 5.26. The molecule has 1 aromatic heterocycles. The number of carbonyl (C=O) groups is 1. The Labute approximate surface area is 134 Å². The molecular weight excluding hydrogens is 358 g/mol. The van der Waals surface area contributed by atoms with Crippen molar-refractivity contribution in [2.75, 3.05) is 5.32 Å². The van der Waals surface area contributed by atoms with Crippen molar-refractivity contribution >= 4 is 39.3 Å². The van der Waals surface area contributed by atoms with Crippen molar-refractivity contribution < 1.29 is 14.0 Å². The van der Waals surface area contributed by atoms with Gasteiger partial charge in [-0.05, 0) is 47.7 Å². The second-order valence-electron chi connectivity index (χ2n) is 4.36. The number of aryl methyl sites for hydroxylation is 1. The van der Waals surface area contributed by atoms with Crippen molar-refractivity contribution in [2.45, 2.75) is 23.6 Å². The fourth-order valence-electron chi connectivity index (χ4n) is 1.67. The second kappa shape index (κ2) is 6.95. The lowest BCUT2D eigenvalue weighted by Crippen LogP contribution is -2.35. The van der Waals surface area contributed by atoms with Gasteiger partial charge in [-0.3, -0.25) is 9.32 Å².